The van der Waals surface area contributed by atoms with Gasteiger partial charge in [-0.1, -0.05) is 0 Å². The van der Waals surface area contributed by atoms with Crippen LogP contribution in [0.4, 0.5) is 0 Å². The molecule has 1 saturated carbocycles. The molecule has 0 spiro atoms. The molecule has 2 aliphatic rings. The normalized spacial score (nSPS) is 28.5. The van der Waals surface area contributed by atoms with Crippen molar-refractivity contribution in [3.63, 3.8) is 0 Å². The van der Waals surface area contributed by atoms with Crippen LogP contribution in [0.1, 0.15) is 17.2 Å². The van der Waals surface area contributed by atoms with Gasteiger partial charge in [-0.25, -0.2) is 4.99 Å². The van der Waals surface area contributed by atoms with Crippen molar-refractivity contribution in [2.24, 2.45) is 10.7 Å². The molecule has 0 unspecified atom stereocenters. The Kier molecular flexibility index (Phi) is 3.59. The molecule has 1 saturated heterocycles. The lowest BCUT2D eigenvalue weighted by Crippen LogP contribution is -2.45. The summed E-state index contributed by atoms with van der Waals surface area (Å²) in [5, 5.41) is 0. The zero-order valence-electron chi connectivity index (χ0n) is 10.0. The molecule has 4 nitrogen and oxygen atoms in total. The van der Waals surface area contributed by atoms with E-state index in [1.807, 2.05) is 0 Å². The topological polar surface area (TPSA) is 50.8 Å². The first-order chi connectivity index (χ1) is 8.74. The number of hydrogen-bond acceptors (Lipinski definition) is 3. The van der Waals surface area contributed by atoms with Crippen molar-refractivity contribution in [1.82, 2.24) is 4.90 Å². The number of ether oxygens (including phenoxy) is 1. The third-order valence-corrected chi connectivity index (χ3v) is 5.10. The smallest absolute Gasteiger partial charge is 0.191 e. The summed E-state index contributed by atoms with van der Waals surface area (Å²) in [5.41, 5.74) is 6.05. The fourth-order valence-electron chi connectivity index (χ4n) is 2.20. The fraction of sp³-hybridized carbons (Fsp3) is 0.583. The summed E-state index contributed by atoms with van der Waals surface area (Å²) in [4.78, 5) is 8.16. The molecule has 1 aromatic rings. The molecule has 1 aliphatic carbocycles. The molecule has 0 aromatic carbocycles. The quantitative estimate of drug-likeness (QED) is 0.667. The number of thiophene rings is 1. The summed E-state index contributed by atoms with van der Waals surface area (Å²) in [6.07, 6.45) is 1.12. The molecule has 6 heteroatoms. The minimum atomic E-state index is 0.374. The Morgan fingerprint density at radius 3 is 2.89 bits per heavy atom. The third-order valence-electron chi connectivity index (χ3n) is 3.35. The van der Waals surface area contributed by atoms with Gasteiger partial charge in [0.25, 0.3) is 0 Å². The van der Waals surface area contributed by atoms with Crippen molar-refractivity contribution >= 4 is 33.2 Å². The van der Waals surface area contributed by atoms with E-state index in [-0.39, 0.29) is 0 Å². The Hall–Kier alpha value is -0.590. The highest BCUT2D eigenvalue weighted by atomic mass is 79.9. The highest BCUT2D eigenvalue weighted by Crippen LogP contribution is 2.46. The number of hydrogen-bond donors (Lipinski definition) is 1. The minimum absolute atomic E-state index is 0.374. The summed E-state index contributed by atoms with van der Waals surface area (Å²) < 4.78 is 6.50. The molecule has 2 N–H and O–H groups in total. The molecule has 2 heterocycles. The molecular formula is C12H16BrN3OS. The average molecular weight is 330 g/mol. The molecule has 3 rings (SSSR count). The van der Waals surface area contributed by atoms with E-state index in [1.54, 1.807) is 11.3 Å². The van der Waals surface area contributed by atoms with Gasteiger partial charge < -0.3 is 15.4 Å². The highest BCUT2D eigenvalue weighted by Gasteiger charge is 2.40. The van der Waals surface area contributed by atoms with Crippen LogP contribution in [0.15, 0.2) is 20.9 Å². The van der Waals surface area contributed by atoms with Crippen LogP contribution in [0.5, 0.6) is 0 Å². The van der Waals surface area contributed by atoms with E-state index in [2.05, 4.69) is 38.0 Å². The van der Waals surface area contributed by atoms with E-state index in [1.165, 1.54) is 8.66 Å². The van der Waals surface area contributed by atoms with Crippen molar-refractivity contribution in [3.8, 4) is 0 Å². The Morgan fingerprint density at radius 1 is 1.44 bits per heavy atom. The van der Waals surface area contributed by atoms with Crippen molar-refractivity contribution in [2.75, 3.05) is 26.3 Å². The first-order valence-electron chi connectivity index (χ1n) is 6.15. The first kappa shape index (κ1) is 12.4. The van der Waals surface area contributed by atoms with Gasteiger partial charge >= 0.3 is 0 Å². The van der Waals surface area contributed by atoms with E-state index in [0.29, 0.717) is 17.9 Å². The predicted octanol–water partition coefficient (Wildman–Crippen LogP) is 2.01. The lowest BCUT2D eigenvalue weighted by atomic mass is 10.3. The fourth-order valence-corrected chi connectivity index (χ4v) is 3.80. The van der Waals surface area contributed by atoms with Crippen LogP contribution in [-0.2, 0) is 4.74 Å². The van der Waals surface area contributed by atoms with Gasteiger partial charge in [-0.15, -0.1) is 11.3 Å². The van der Waals surface area contributed by atoms with Gasteiger partial charge in [-0.2, -0.15) is 0 Å². The van der Waals surface area contributed by atoms with Crippen molar-refractivity contribution in [1.29, 1.82) is 0 Å². The molecular weight excluding hydrogens is 314 g/mol. The number of rotatable bonds is 2. The highest BCUT2D eigenvalue weighted by molar-refractivity contribution is 9.11. The van der Waals surface area contributed by atoms with Crippen molar-refractivity contribution in [3.05, 3.63) is 20.8 Å². The summed E-state index contributed by atoms with van der Waals surface area (Å²) >= 11 is 5.30. The Morgan fingerprint density at radius 2 is 2.22 bits per heavy atom. The molecule has 1 aliphatic heterocycles. The maximum atomic E-state index is 6.05. The molecule has 2 atom stereocenters. The van der Waals surface area contributed by atoms with Crippen LogP contribution in [0.3, 0.4) is 0 Å². The van der Waals surface area contributed by atoms with Crippen LogP contribution in [0.25, 0.3) is 0 Å². The SMILES string of the molecule is NC(=N[C@@H]1C[C@H]1c1ccc(Br)s1)N1CCOCC1. The largest absolute Gasteiger partial charge is 0.378 e. The molecule has 0 amide bonds. The second-order valence-corrected chi connectivity index (χ2v) is 7.13. The lowest BCUT2D eigenvalue weighted by molar-refractivity contribution is 0.0674. The van der Waals surface area contributed by atoms with E-state index >= 15 is 0 Å². The van der Waals surface area contributed by atoms with Gasteiger partial charge in [0, 0.05) is 23.9 Å². The van der Waals surface area contributed by atoms with Crippen LogP contribution in [0, 0.1) is 0 Å². The zero-order chi connectivity index (χ0) is 12.5. The molecule has 0 radical (unpaired) electrons. The van der Waals surface area contributed by atoms with E-state index in [0.717, 1.165) is 32.7 Å². The number of aliphatic imine (C=N–C) groups is 1. The number of guanidine groups is 1. The Balaban J connectivity index is 1.60. The third kappa shape index (κ3) is 2.70. The lowest BCUT2D eigenvalue weighted by Gasteiger charge is -2.27. The molecule has 0 bridgehead atoms. The van der Waals surface area contributed by atoms with Crippen molar-refractivity contribution < 1.29 is 4.74 Å². The molecule has 98 valence electrons. The number of halogens is 1. The summed E-state index contributed by atoms with van der Waals surface area (Å²) in [6.45, 7) is 3.22. The molecule has 1 aromatic heterocycles. The second-order valence-electron chi connectivity index (χ2n) is 4.64. The van der Waals surface area contributed by atoms with Gasteiger partial charge in [-0.3, -0.25) is 0 Å². The van der Waals surface area contributed by atoms with E-state index in [9.17, 15) is 0 Å². The second kappa shape index (κ2) is 5.19. The van der Waals surface area contributed by atoms with E-state index < -0.39 is 0 Å². The molecule has 18 heavy (non-hydrogen) atoms. The summed E-state index contributed by atoms with van der Waals surface area (Å²) in [6, 6.07) is 4.66. The number of nitrogens with zero attached hydrogens (tertiary/aromatic N) is 2. The standard InChI is InChI=1S/C12H16BrN3OS/c13-11-2-1-10(18-11)8-7-9(8)15-12(14)16-3-5-17-6-4-16/h1-2,8-9H,3-7H2,(H2,14,15)/t8-,9-/m1/s1. The minimum Gasteiger partial charge on any atom is -0.378 e. The van der Waals surface area contributed by atoms with Gasteiger partial charge in [0.1, 0.15) is 0 Å². The van der Waals surface area contributed by atoms with Gasteiger partial charge in [0.05, 0.1) is 23.0 Å². The van der Waals surface area contributed by atoms with Crippen LogP contribution in [-0.4, -0.2) is 43.2 Å². The molecule has 2 fully saturated rings. The first-order valence-corrected chi connectivity index (χ1v) is 7.76. The van der Waals surface area contributed by atoms with Crippen molar-refractivity contribution in [2.45, 2.75) is 18.4 Å². The van der Waals surface area contributed by atoms with Crippen LogP contribution >= 0.6 is 27.3 Å². The zero-order valence-corrected chi connectivity index (χ0v) is 12.4. The monoisotopic (exact) mass is 329 g/mol. The van der Waals surface area contributed by atoms with Gasteiger partial charge in [0.2, 0.25) is 0 Å². The van der Waals surface area contributed by atoms with Gasteiger partial charge in [0.15, 0.2) is 5.96 Å². The number of morpholine rings is 1. The maximum absolute atomic E-state index is 6.05. The van der Waals surface area contributed by atoms with Crippen LogP contribution < -0.4 is 5.73 Å². The van der Waals surface area contributed by atoms with Gasteiger partial charge in [-0.05, 0) is 34.5 Å². The van der Waals surface area contributed by atoms with E-state index in [4.69, 9.17) is 10.5 Å². The summed E-state index contributed by atoms with van der Waals surface area (Å²) in [5.74, 6) is 1.25. The Labute approximate surface area is 119 Å². The summed E-state index contributed by atoms with van der Waals surface area (Å²) in [7, 11) is 0. The number of nitrogens with two attached hydrogens (primary N) is 1. The predicted molar refractivity (Wildman–Crippen MR) is 77.2 cm³/mol. The van der Waals surface area contributed by atoms with Crippen LogP contribution in [0.2, 0.25) is 0 Å². The average Bonchev–Trinajstić information content (AvgIpc) is 3.02. The maximum Gasteiger partial charge on any atom is 0.191 e. The Bertz CT molecular complexity index is 456.